The lowest BCUT2D eigenvalue weighted by atomic mass is 9.47. The van der Waals surface area contributed by atoms with Crippen LogP contribution >= 0.6 is 0 Å². The molecular weight excluding hydrogens is 1230 g/mol. The van der Waals surface area contributed by atoms with Crippen LogP contribution in [0, 0.1) is 46.3 Å². The van der Waals surface area contributed by atoms with Crippen LogP contribution < -0.4 is 0 Å². The van der Waals surface area contributed by atoms with Gasteiger partial charge in [0.1, 0.15) is 128 Å². The summed E-state index contributed by atoms with van der Waals surface area (Å²) in [4.78, 5) is 0. The molecule has 7 heterocycles. The van der Waals surface area contributed by atoms with Gasteiger partial charge in [-0.25, -0.2) is 0 Å². The zero-order chi connectivity index (χ0) is 66.4. The monoisotopic (exact) mass is 1330 g/mol. The van der Waals surface area contributed by atoms with Crippen LogP contribution in [-0.2, 0) is 61.6 Å². The molecule has 4 aliphatic carbocycles. The molecule has 39 atom stereocenters. The van der Waals surface area contributed by atoms with Gasteiger partial charge >= 0.3 is 0 Å². The van der Waals surface area contributed by atoms with Gasteiger partial charge in [0.2, 0.25) is 0 Å². The maximum absolute atomic E-state index is 12.7. The predicted octanol–water partition coefficient (Wildman–Crippen LogP) is -6.08. The molecule has 92 heavy (non-hydrogen) atoms. The quantitative estimate of drug-likeness (QED) is 0.0535. The van der Waals surface area contributed by atoms with Crippen LogP contribution in [0.3, 0.4) is 0 Å². The second-order valence-electron chi connectivity index (χ2n) is 28.6. The third kappa shape index (κ3) is 13.3. The highest BCUT2D eigenvalue weighted by Crippen LogP contribution is 2.70. The number of hydrogen-bond donors (Lipinski definition) is 18. The van der Waals surface area contributed by atoms with Crippen molar-refractivity contribution in [2.75, 3.05) is 39.6 Å². The first-order chi connectivity index (χ1) is 43.6. The molecule has 0 amide bonds. The summed E-state index contributed by atoms with van der Waals surface area (Å²) in [7, 11) is 0. The van der Waals surface area contributed by atoms with Crippen molar-refractivity contribution >= 4 is 0 Å². The number of fused-ring (bicyclic) bond motifs is 7. The van der Waals surface area contributed by atoms with Crippen molar-refractivity contribution in [3.63, 3.8) is 0 Å². The zero-order valence-corrected chi connectivity index (χ0v) is 52.3. The Kier molecular flexibility index (Phi) is 22.3. The lowest BCUT2D eigenvalue weighted by Crippen LogP contribution is -2.68. The number of rotatable bonds is 19. The molecule has 530 valence electrons. The van der Waals surface area contributed by atoms with Crippen molar-refractivity contribution in [3.05, 3.63) is 11.6 Å². The molecule has 11 rings (SSSR count). The lowest BCUT2D eigenvalue weighted by molar-refractivity contribution is -0.408. The van der Waals surface area contributed by atoms with Gasteiger partial charge in [-0.3, -0.25) is 0 Å². The Morgan fingerprint density at radius 1 is 0.522 bits per heavy atom. The Hall–Kier alpha value is -1.50. The highest BCUT2D eigenvalue weighted by molar-refractivity contribution is 5.30. The van der Waals surface area contributed by atoms with Crippen LogP contribution in [0.4, 0.5) is 0 Å². The second-order valence-corrected chi connectivity index (χ2v) is 28.6. The minimum absolute atomic E-state index is 0.0705. The highest BCUT2D eigenvalue weighted by Gasteiger charge is 2.68. The third-order valence-electron chi connectivity index (χ3n) is 22.9. The molecule has 0 radical (unpaired) electrons. The lowest BCUT2D eigenvalue weighted by Gasteiger charge is -2.58. The predicted molar refractivity (Wildman–Crippen MR) is 303 cm³/mol. The average molecular weight is 1330 g/mol. The molecule has 0 unspecified atom stereocenters. The summed E-state index contributed by atoms with van der Waals surface area (Å²) in [6, 6.07) is 0. The minimum atomic E-state index is -1.97. The summed E-state index contributed by atoms with van der Waals surface area (Å²) in [5, 5.41) is 195. The van der Waals surface area contributed by atoms with Crippen molar-refractivity contribution in [1.29, 1.82) is 0 Å². The molecular formula is C61H100O31. The number of allylic oxidation sites excluding steroid dienone is 2. The summed E-state index contributed by atoms with van der Waals surface area (Å²) in [5.41, 5.74) is 1.06. The van der Waals surface area contributed by atoms with Crippen LogP contribution in [0.2, 0.25) is 0 Å². The van der Waals surface area contributed by atoms with Crippen molar-refractivity contribution in [3.8, 4) is 0 Å². The van der Waals surface area contributed by atoms with E-state index in [2.05, 4.69) is 26.8 Å². The maximum atomic E-state index is 12.7. The summed E-state index contributed by atoms with van der Waals surface area (Å²) in [6.07, 6.45) is -39.6. The fourth-order valence-electron chi connectivity index (χ4n) is 17.2. The van der Waals surface area contributed by atoms with E-state index in [0.717, 1.165) is 19.3 Å². The topological polar surface area (TPSA) is 484 Å². The summed E-state index contributed by atoms with van der Waals surface area (Å²) < 4.78 is 79.2. The second kappa shape index (κ2) is 28.6. The molecule has 0 aromatic heterocycles. The fourth-order valence-corrected chi connectivity index (χ4v) is 17.2. The van der Waals surface area contributed by atoms with Gasteiger partial charge in [-0.2, -0.15) is 0 Å². The molecule has 7 aliphatic heterocycles. The van der Waals surface area contributed by atoms with E-state index in [1.54, 1.807) is 0 Å². The summed E-state index contributed by atoms with van der Waals surface area (Å²) >= 11 is 0. The van der Waals surface area contributed by atoms with Crippen molar-refractivity contribution in [1.82, 2.24) is 0 Å². The smallest absolute Gasteiger partial charge is 0.187 e. The van der Waals surface area contributed by atoms with Crippen LogP contribution in [-0.4, -0.2) is 322 Å². The van der Waals surface area contributed by atoms with Gasteiger partial charge in [-0.1, -0.05) is 39.3 Å². The van der Waals surface area contributed by atoms with Crippen molar-refractivity contribution in [2.24, 2.45) is 46.3 Å². The molecule has 11 aliphatic rings. The van der Waals surface area contributed by atoms with Gasteiger partial charge in [0, 0.05) is 12.3 Å². The normalized spacial score (nSPS) is 55.0. The Morgan fingerprint density at radius 3 is 1.72 bits per heavy atom. The number of hydrogen-bond acceptors (Lipinski definition) is 31. The summed E-state index contributed by atoms with van der Waals surface area (Å²) in [5.74, 6) is -1.12. The molecule has 18 N–H and O–H groups in total. The first-order valence-electron chi connectivity index (χ1n) is 32.8. The van der Waals surface area contributed by atoms with Crippen molar-refractivity contribution in [2.45, 2.75) is 282 Å². The molecule has 0 aromatic carbocycles. The minimum Gasteiger partial charge on any atom is -0.394 e. The van der Waals surface area contributed by atoms with Crippen LogP contribution in [0.25, 0.3) is 0 Å². The largest absolute Gasteiger partial charge is 0.394 e. The Balaban J connectivity index is 0.785. The Morgan fingerprint density at radius 2 is 1.07 bits per heavy atom. The van der Waals surface area contributed by atoms with Gasteiger partial charge < -0.3 is 153 Å². The van der Waals surface area contributed by atoms with E-state index >= 15 is 0 Å². The standard InChI is InChI=1S/C61H100O31/c1-22(19-80-53-46(76)43(73)40(70)33(16-62)85-53)8-13-61(79)23(2)36-32(92-61)15-29-27-7-6-25-14-26(9-11-59(25,4)28(27)10-12-60(29,36)5)84-57-51(90-56-47(77)42(72)37(67)24(3)83-56)48(78)49(35(18-64)87-57)88-58-52(91-55-45(75)39(69)31(66)21-82-55)50(41(71)34(17-63)86-58)89-54-44(74)38(68)30(65)20-81-54/h7,22-26,28-58,62-79H,6,8-21H2,1-5H3/t22-,23+,24+,25+,26+,28+,29+,30-,31-,32+,33-,34-,35-,36+,37+,38+,39+,40-,41-,42-,43+,44-,45-,46-,47-,48+,49+,50+,51-,52-,53-,54+,55+,56+,57-,58+,59+,60+,61-/m1/s1. The zero-order valence-electron chi connectivity index (χ0n) is 52.3. The number of aliphatic hydroxyl groups excluding tert-OH is 17. The molecule has 0 bridgehead atoms. The molecule has 10 fully saturated rings. The Labute approximate surface area is 532 Å². The van der Waals surface area contributed by atoms with Gasteiger partial charge in [-0.15, -0.1) is 0 Å². The Bertz CT molecular complexity index is 2450. The van der Waals surface area contributed by atoms with Crippen molar-refractivity contribution < 1.29 is 153 Å². The average Bonchev–Trinajstić information content (AvgIpc) is 1.49. The number of ether oxygens (including phenoxy) is 13. The van der Waals surface area contributed by atoms with E-state index in [4.69, 9.17) is 61.6 Å². The first kappa shape index (κ1) is 71.8. The molecule has 0 spiro atoms. The van der Waals surface area contributed by atoms with E-state index < -0.39 is 217 Å². The van der Waals surface area contributed by atoms with Crippen LogP contribution in [0.5, 0.6) is 0 Å². The molecule has 3 saturated carbocycles. The molecule has 31 heteroatoms. The van der Waals surface area contributed by atoms with E-state index in [-0.39, 0.29) is 59.0 Å². The van der Waals surface area contributed by atoms with Gasteiger partial charge in [-0.05, 0) is 98.7 Å². The molecule has 7 saturated heterocycles. The van der Waals surface area contributed by atoms with Crippen LogP contribution in [0.1, 0.15) is 92.4 Å². The van der Waals surface area contributed by atoms with E-state index in [1.165, 1.54) is 12.5 Å². The maximum Gasteiger partial charge on any atom is 0.187 e. The summed E-state index contributed by atoms with van der Waals surface area (Å²) in [6.45, 7) is 6.70. The van der Waals surface area contributed by atoms with E-state index in [1.807, 2.05) is 6.92 Å². The SMILES string of the molecule is C[C@H](CC[C@@]1(O)O[C@H]2C[C@H]3C4=CC[C@H]5C[C@@H](O[C@@H]6O[C@H](CO)[C@H](O[C@@H]7O[C@H](CO)[C@@H](O)[C@H](O[C@@H]8OC[C@@H](O)[C@H](O)[C@H]8O)[C@H]7O[C@@H]7OC[C@@H](O)[C@H](O)[C@H]7O)[C@H](O)[C@H]6O[C@@H]6O[C@@H](C)[C@H](O)[C@@H](O)[C@H]6O)CC[C@]5(C)[C@H]4CC[C@]3(C)[C@H]2[C@@H]1C)CO[C@@H]1O[C@H](CO)[C@@H](O)[C@H](O)[C@H]1O. The van der Waals surface area contributed by atoms with Crippen LogP contribution in [0.15, 0.2) is 11.6 Å². The highest BCUT2D eigenvalue weighted by atomic mass is 16.8. The first-order valence-corrected chi connectivity index (χ1v) is 32.8. The van der Waals surface area contributed by atoms with Gasteiger partial charge in [0.15, 0.2) is 43.5 Å². The number of aliphatic hydroxyl groups is 18. The fraction of sp³-hybridized carbons (Fsp3) is 0.967. The molecule has 31 nitrogen and oxygen atoms in total. The molecule has 0 aromatic rings. The van der Waals surface area contributed by atoms with Gasteiger partial charge in [0.05, 0.1) is 58.0 Å². The van der Waals surface area contributed by atoms with Gasteiger partial charge in [0.25, 0.3) is 0 Å². The third-order valence-corrected chi connectivity index (χ3v) is 22.9. The van der Waals surface area contributed by atoms with E-state index in [9.17, 15) is 91.9 Å². The van der Waals surface area contributed by atoms with E-state index in [0.29, 0.717) is 38.5 Å².